The molecule has 1 saturated carbocycles. The molecular formula is C16H18N2O2. The number of benzene rings is 1. The van der Waals surface area contributed by atoms with E-state index >= 15 is 0 Å². The van der Waals surface area contributed by atoms with Crippen molar-refractivity contribution in [1.29, 1.82) is 0 Å². The molecule has 3 rings (SSSR count). The second kappa shape index (κ2) is 5.90. The summed E-state index contributed by atoms with van der Waals surface area (Å²) < 4.78 is 7.78. The number of nitrogens with zero attached hydrogens (tertiary/aromatic N) is 2. The average Bonchev–Trinajstić information content (AvgIpc) is 3.03. The van der Waals surface area contributed by atoms with Gasteiger partial charge in [-0.15, -0.1) is 0 Å². The summed E-state index contributed by atoms with van der Waals surface area (Å²) in [6, 6.07) is 9.38. The molecule has 0 N–H and O–H groups in total. The number of carbonyl (C=O) groups is 1. The van der Waals surface area contributed by atoms with Crippen molar-refractivity contribution in [3.63, 3.8) is 0 Å². The summed E-state index contributed by atoms with van der Waals surface area (Å²) in [6.45, 7) is 0. The predicted molar refractivity (Wildman–Crippen MR) is 75.4 cm³/mol. The zero-order valence-corrected chi connectivity index (χ0v) is 11.3. The van der Waals surface area contributed by atoms with Crippen molar-refractivity contribution in [2.75, 3.05) is 0 Å². The molecule has 1 fully saturated rings. The molecule has 0 spiro atoms. The molecule has 0 saturated heterocycles. The minimum Gasteiger partial charge on any atom is -0.457 e. The van der Waals surface area contributed by atoms with Crippen LogP contribution >= 0.6 is 0 Å². The highest BCUT2D eigenvalue weighted by atomic mass is 16.5. The van der Waals surface area contributed by atoms with Crippen molar-refractivity contribution in [3.8, 4) is 0 Å². The van der Waals surface area contributed by atoms with Gasteiger partial charge in [-0.3, -0.25) is 0 Å². The third-order valence-corrected chi connectivity index (χ3v) is 3.84. The van der Waals surface area contributed by atoms with Gasteiger partial charge in [-0.05, 0) is 31.4 Å². The van der Waals surface area contributed by atoms with Crippen molar-refractivity contribution < 1.29 is 9.53 Å². The van der Waals surface area contributed by atoms with E-state index in [1.54, 1.807) is 24.7 Å². The topological polar surface area (TPSA) is 44.1 Å². The summed E-state index contributed by atoms with van der Waals surface area (Å²) in [7, 11) is 0. The molecule has 1 aliphatic carbocycles. The van der Waals surface area contributed by atoms with E-state index in [2.05, 4.69) is 9.55 Å². The third kappa shape index (κ3) is 2.74. The minimum absolute atomic E-state index is 0.0642. The van der Waals surface area contributed by atoms with Gasteiger partial charge in [0.05, 0.1) is 17.9 Å². The Hall–Kier alpha value is -2.10. The van der Waals surface area contributed by atoms with E-state index in [1.807, 2.05) is 24.4 Å². The number of esters is 1. The first-order valence-electron chi connectivity index (χ1n) is 7.08. The fourth-order valence-corrected chi connectivity index (χ4v) is 2.80. The van der Waals surface area contributed by atoms with Crippen LogP contribution in [0.15, 0.2) is 49.1 Å². The average molecular weight is 270 g/mol. The molecule has 1 aromatic heterocycles. The summed E-state index contributed by atoms with van der Waals surface area (Å²) in [5, 5.41) is 0. The highest BCUT2D eigenvalue weighted by molar-refractivity contribution is 5.89. The van der Waals surface area contributed by atoms with Gasteiger partial charge in [-0.2, -0.15) is 0 Å². The van der Waals surface area contributed by atoms with Crippen molar-refractivity contribution in [2.24, 2.45) is 0 Å². The van der Waals surface area contributed by atoms with Gasteiger partial charge in [-0.1, -0.05) is 24.6 Å². The van der Waals surface area contributed by atoms with Crippen LogP contribution in [0.25, 0.3) is 0 Å². The van der Waals surface area contributed by atoms with Gasteiger partial charge in [0.2, 0.25) is 0 Å². The standard InChI is InChI=1S/C16H18N2O2/c19-16(13-6-2-1-3-7-13)20-15-9-5-4-8-14(15)18-11-10-17-12-18/h1-3,6-7,10-12,14-15H,4-5,8-9H2/t14-,15+/m1/s1. The van der Waals surface area contributed by atoms with E-state index in [-0.39, 0.29) is 18.1 Å². The molecule has 4 nitrogen and oxygen atoms in total. The highest BCUT2D eigenvalue weighted by Crippen LogP contribution is 2.31. The first-order chi connectivity index (χ1) is 9.84. The lowest BCUT2D eigenvalue weighted by atomic mass is 9.92. The Bertz CT molecular complexity index is 551. The molecule has 2 atom stereocenters. The number of carbonyl (C=O) groups excluding carboxylic acids is 1. The number of ether oxygens (including phenoxy) is 1. The minimum atomic E-state index is -0.234. The maximum Gasteiger partial charge on any atom is 0.338 e. The van der Waals surface area contributed by atoms with Gasteiger partial charge < -0.3 is 9.30 Å². The van der Waals surface area contributed by atoms with E-state index in [0.29, 0.717) is 5.56 Å². The maximum absolute atomic E-state index is 12.2. The van der Waals surface area contributed by atoms with E-state index in [4.69, 9.17) is 4.74 Å². The summed E-state index contributed by atoms with van der Waals surface area (Å²) in [4.78, 5) is 16.3. The van der Waals surface area contributed by atoms with Gasteiger partial charge in [0, 0.05) is 12.4 Å². The van der Waals surface area contributed by atoms with E-state index in [1.165, 1.54) is 6.42 Å². The van der Waals surface area contributed by atoms with Gasteiger partial charge >= 0.3 is 5.97 Å². The zero-order chi connectivity index (χ0) is 13.8. The van der Waals surface area contributed by atoms with Crippen LogP contribution < -0.4 is 0 Å². The van der Waals surface area contributed by atoms with E-state index in [9.17, 15) is 4.79 Å². The van der Waals surface area contributed by atoms with Crippen molar-refractivity contribution >= 4 is 5.97 Å². The van der Waals surface area contributed by atoms with Crippen LogP contribution in [-0.2, 0) is 4.74 Å². The summed E-state index contributed by atoms with van der Waals surface area (Å²) >= 11 is 0. The normalized spacial score (nSPS) is 22.4. The molecule has 0 aliphatic heterocycles. The second-order valence-corrected chi connectivity index (χ2v) is 5.17. The van der Waals surface area contributed by atoms with Crippen LogP contribution in [-0.4, -0.2) is 21.6 Å². The molecule has 0 bridgehead atoms. The van der Waals surface area contributed by atoms with Crippen molar-refractivity contribution in [2.45, 2.75) is 37.8 Å². The number of hydrogen-bond donors (Lipinski definition) is 0. The molecule has 1 aliphatic rings. The maximum atomic E-state index is 12.2. The fourth-order valence-electron chi connectivity index (χ4n) is 2.80. The van der Waals surface area contributed by atoms with E-state index < -0.39 is 0 Å². The summed E-state index contributed by atoms with van der Waals surface area (Å²) in [5.41, 5.74) is 0.613. The Balaban J connectivity index is 1.73. The number of hydrogen-bond acceptors (Lipinski definition) is 3. The monoisotopic (exact) mass is 270 g/mol. The molecule has 1 heterocycles. The first kappa shape index (κ1) is 12.9. The quantitative estimate of drug-likeness (QED) is 0.804. The van der Waals surface area contributed by atoms with Gasteiger partial charge in [0.15, 0.2) is 0 Å². The Kier molecular flexibility index (Phi) is 3.81. The molecular weight excluding hydrogens is 252 g/mol. The Morgan fingerprint density at radius 2 is 2.00 bits per heavy atom. The molecule has 4 heteroatoms. The van der Waals surface area contributed by atoms with E-state index in [0.717, 1.165) is 19.3 Å². The van der Waals surface area contributed by atoms with Crippen LogP contribution in [0.2, 0.25) is 0 Å². The molecule has 20 heavy (non-hydrogen) atoms. The van der Waals surface area contributed by atoms with Crippen LogP contribution in [0.4, 0.5) is 0 Å². The van der Waals surface area contributed by atoms with Gasteiger partial charge in [0.25, 0.3) is 0 Å². The zero-order valence-electron chi connectivity index (χ0n) is 11.3. The lowest BCUT2D eigenvalue weighted by molar-refractivity contribution is 0.00412. The van der Waals surface area contributed by atoms with Crippen LogP contribution in [0.1, 0.15) is 42.1 Å². The molecule has 0 amide bonds. The molecule has 104 valence electrons. The SMILES string of the molecule is O=C(O[C@H]1CCCC[C@H]1n1ccnc1)c1ccccc1. The summed E-state index contributed by atoms with van der Waals surface area (Å²) in [6.07, 6.45) is 9.68. The molecule has 1 aromatic carbocycles. The lowest BCUT2D eigenvalue weighted by Crippen LogP contribution is -2.31. The smallest absolute Gasteiger partial charge is 0.338 e. The first-order valence-corrected chi connectivity index (χ1v) is 7.08. The van der Waals surface area contributed by atoms with Gasteiger partial charge in [-0.25, -0.2) is 9.78 Å². The number of rotatable bonds is 3. The fraction of sp³-hybridized carbons (Fsp3) is 0.375. The largest absolute Gasteiger partial charge is 0.457 e. The Morgan fingerprint density at radius 3 is 2.75 bits per heavy atom. The highest BCUT2D eigenvalue weighted by Gasteiger charge is 2.29. The number of imidazole rings is 1. The van der Waals surface area contributed by atoms with Crippen molar-refractivity contribution in [1.82, 2.24) is 9.55 Å². The summed E-state index contributed by atoms with van der Waals surface area (Å²) in [5.74, 6) is -0.234. The van der Waals surface area contributed by atoms with Crippen LogP contribution in [0.3, 0.4) is 0 Å². The number of aromatic nitrogens is 2. The Labute approximate surface area is 118 Å². The van der Waals surface area contributed by atoms with Crippen LogP contribution in [0.5, 0.6) is 0 Å². The third-order valence-electron chi connectivity index (χ3n) is 3.84. The van der Waals surface area contributed by atoms with Crippen LogP contribution in [0, 0.1) is 0 Å². The molecule has 0 unspecified atom stereocenters. The van der Waals surface area contributed by atoms with Gasteiger partial charge in [0.1, 0.15) is 6.10 Å². The second-order valence-electron chi connectivity index (χ2n) is 5.17. The molecule has 0 radical (unpaired) electrons. The lowest BCUT2D eigenvalue weighted by Gasteiger charge is -2.31. The van der Waals surface area contributed by atoms with Crippen molar-refractivity contribution in [3.05, 3.63) is 54.6 Å². The molecule has 2 aromatic rings. The predicted octanol–water partition coefficient (Wildman–Crippen LogP) is 3.22. The Morgan fingerprint density at radius 1 is 1.20 bits per heavy atom.